The second kappa shape index (κ2) is 9.43. The zero-order valence-electron chi connectivity index (χ0n) is 14.0. The van der Waals surface area contributed by atoms with Crippen molar-refractivity contribution in [1.29, 1.82) is 0 Å². The van der Waals surface area contributed by atoms with Gasteiger partial charge < -0.3 is 4.74 Å². The van der Waals surface area contributed by atoms with Gasteiger partial charge in [-0.2, -0.15) is 0 Å². The fraction of sp³-hybridized carbons (Fsp3) is 0.400. The topological polar surface area (TPSA) is 12.5 Å². The van der Waals surface area contributed by atoms with Crippen LogP contribution in [0, 0.1) is 0 Å². The van der Waals surface area contributed by atoms with E-state index in [2.05, 4.69) is 36.1 Å². The van der Waals surface area contributed by atoms with E-state index in [0.29, 0.717) is 13.0 Å². The lowest BCUT2D eigenvalue weighted by molar-refractivity contribution is 0.101. The van der Waals surface area contributed by atoms with E-state index in [1.54, 1.807) is 6.08 Å². The second-order valence-electron chi connectivity index (χ2n) is 5.72. The maximum absolute atomic E-state index is 13.4. The van der Waals surface area contributed by atoms with Crippen molar-refractivity contribution in [2.24, 2.45) is 0 Å². The molecule has 0 saturated heterocycles. The van der Waals surface area contributed by atoms with E-state index in [9.17, 15) is 4.39 Å². The summed E-state index contributed by atoms with van der Waals surface area (Å²) in [5.74, 6) is -0.0904. The fourth-order valence-corrected chi connectivity index (χ4v) is 2.66. The van der Waals surface area contributed by atoms with Gasteiger partial charge in [-0.05, 0) is 31.1 Å². The Balaban J connectivity index is 2.11. The van der Waals surface area contributed by atoms with Crippen LogP contribution in [-0.2, 0) is 11.3 Å². The van der Waals surface area contributed by atoms with Crippen LogP contribution < -0.4 is 0 Å². The van der Waals surface area contributed by atoms with Gasteiger partial charge in [0, 0.05) is 32.2 Å². The van der Waals surface area contributed by atoms with Gasteiger partial charge in [0.2, 0.25) is 0 Å². The van der Waals surface area contributed by atoms with Crippen LogP contribution in [0.1, 0.15) is 25.8 Å². The van der Waals surface area contributed by atoms with Crippen molar-refractivity contribution in [1.82, 2.24) is 4.90 Å². The predicted molar refractivity (Wildman–Crippen MR) is 93.8 cm³/mol. The lowest BCUT2D eigenvalue weighted by Gasteiger charge is -2.30. The maximum Gasteiger partial charge on any atom is 0.104 e. The van der Waals surface area contributed by atoms with Crippen molar-refractivity contribution < 1.29 is 9.13 Å². The summed E-state index contributed by atoms with van der Waals surface area (Å²) in [6.07, 6.45) is 7.78. The minimum atomic E-state index is -0.0904. The molecule has 1 aliphatic carbocycles. The molecule has 3 heteroatoms. The van der Waals surface area contributed by atoms with Crippen molar-refractivity contribution in [2.75, 3.05) is 19.8 Å². The highest BCUT2D eigenvalue weighted by molar-refractivity contribution is 5.32. The van der Waals surface area contributed by atoms with Crippen LogP contribution in [0.5, 0.6) is 0 Å². The Morgan fingerprint density at radius 3 is 2.74 bits per heavy atom. The molecule has 0 N–H and O–H groups in total. The molecule has 1 atom stereocenters. The molecule has 23 heavy (non-hydrogen) atoms. The number of halogens is 1. The second-order valence-corrected chi connectivity index (χ2v) is 5.72. The van der Waals surface area contributed by atoms with Crippen molar-refractivity contribution in [3.63, 3.8) is 0 Å². The molecule has 1 aromatic rings. The molecule has 0 heterocycles. The molecule has 2 nitrogen and oxygen atoms in total. The molecule has 0 bridgehead atoms. The number of allylic oxidation sites excluding steroid dienone is 4. The molecule has 0 spiro atoms. The molecule has 0 aliphatic heterocycles. The smallest absolute Gasteiger partial charge is 0.104 e. The minimum Gasteiger partial charge on any atom is -0.380 e. The Morgan fingerprint density at radius 1 is 1.22 bits per heavy atom. The number of hydrogen-bond donors (Lipinski definition) is 0. The molecule has 0 amide bonds. The van der Waals surface area contributed by atoms with Crippen molar-refractivity contribution >= 4 is 0 Å². The molecular formula is C20H26FNO. The summed E-state index contributed by atoms with van der Waals surface area (Å²) in [5, 5.41) is 0. The van der Waals surface area contributed by atoms with Crippen LogP contribution in [0.4, 0.5) is 4.39 Å². The Labute approximate surface area is 139 Å². The van der Waals surface area contributed by atoms with E-state index in [4.69, 9.17) is 4.74 Å². The standard InChI is InChI=1S/C20H26FNO/c1-3-23-15-14-22(16-18-8-5-4-6-9-18)17(2)19-10-7-11-20(21)13-12-19/h4-10,12-13,17H,3,11,14-16H2,1-2H3. The van der Waals surface area contributed by atoms with Gasteiger partial charge in [-0.25, -0.2) is 4.39 Å². The zero-order chi connectivity index (χ0) is 16.5. The van der Waals surface area contributed by atoms with Gasteiger partial charge in [0.25, 0.3) is 0 Å². The van der Waals surface area contributed by atoms with E-state index >= 15 is 0 Å². The highest BCUT2D eigenvalue weighted by atomic mass is 19.1. The first-order valence-corrected chi connectivity index (χ1v) is 8.29. The largest absolute Gasteiger partial charge is 0.380 e. The Bertz CT molecular complexity index is 562. The van der Waals surface area contributed by atoms with E-state index in [1.165, 1.54) is 5.56 Å². The van der Waals surface area contributed by atoms with Crippen LogP contribution in [0.15, 0.2) is 66.0 Å². The van der Waals surface area contributed by atoms with E-state index in [1.807, 2.05) is 31.2 Å². The Morgan fingerprint density at radius 2 is 2.00 bits per heavy atom. The third kappa shape index (κ3) is 5.77. The molecule has 1 aromatic carbocycles. The average molecular weight is 315 g/mol. The van der Waals surface area contributed by atoms with Crippen LogP contribution in [0.25, 0.3) is 0 Å². The molecule has 2 rings (SSSR count). The SMILES string of the molecule is CCOCCN(Cc1ccccc1)C(C)C1=CC=C(F)CC=C1. The van der Waals surface area contributed by atoms with Crippen molar-refractivity contribution in [2.45, 2.75) is 32.9 Å². The Kier molecular flexibility index (Phi) is 7.24. The fourth-order valence-electron chi connectivity index (χ4n) is 2.66. The summed E-state index contributed by atoms with van der Waals surface area (Å²) in [6, 6.07) is 10.6. The molecule has 1 aliphatic rings. The van der Waals surface area contributed by atoms with Crippen LogP contribution >= 0.6 is 0 Å². The zero-order valence-corrected chi connectivity index (χ0v) is 14.0. The first-order chi connectivity index (χ1) is 11.2. The lowest BCUT2D eigenvalue weighted by Crippen LogP contribution is -2.36. The summed E-state index contributed by atoms with van der Waals surface area (Å²) < 4.78 is 18.9. The molecule has 0 aromatic heterocycles. The van der Waals surface area contributed by atoms with Crippen molar-refractivity contribution in [3.05, 3.63) is 71.6 Å². The summed E-state index contributed by atoms with van der Waals surface area (Å²) in [5.41, 5.74) is 2.40. The summed E-state index contributed by atoms with van der Waals surface area (Å²) in [6.45, 7) is 7.31. The third-order valence-electron chi connectivity index (χ3n) is 4.07. The normalized spacial score (nSPS) is 16.0. The van der Waals surface area contributed by atoms with Crippen molar-refractivity contribution in [3.8, 4) is 0 Å². The number of ether oxygens (including phenoxy) is 1. The van der Waals surface area contributed by atoms with Crippen LogP contribution in [0.2, 0.25) is 0 Å². The molecule has 0 fully saturated rings. The first-order valence-electron chi connectivity index (χ1n) is 8.29. The number of rotatable bonds is 8. The van der Waals surface area contributed by atoms with E-state index in [0.717, 1.165) is 25.3 Å². The number of hydrogen-bond acceptors (Lipinski definition) is 2. The van der Waals surface area contributed by atoms with Gasteiger partial charge in [0.1, 0.15) is 5.83 Å². The van der Waals surface area contributed by atoms with Gasteiger partial charge in [-0.3, -0.25) is 4.90 Å². The van der Waals surface area contributed by atoms with Gasteiger partial charge in [-0.15, -0.1) is 0 Å². The van der Waals surface area contributed by atoms with Gasteiger partial charge in [-0.1, -0.05) is 48.6 Å². The quantitative estimate of drug-likeness (QED) is 0.647. The number of benzene rings is 1. The van der Waals surface area contributed by atoms with E-state index in [-0.39, 0.29) is 11.9 Å². The highest BCUT2D eigenvalue weighted by Crippen LogP contribution is 2.20. The van der Waals surface area contributed by atoms with Gasteiger partial charge in [0.05, 0.1) is 6.61 Å². The first kappa shape index (κ1) is 17.6. The van der Waals surface area contributed by atoms with Crippen LogP contribution in [-0.4, -0.2) is 30.7 Å². The predicted octanol–water partition coefficient (Wildman–Crippen LogP) is 4.65. The molecule has 124 valence electrons. The highest BCUT2D eigenvalue weighted by Gasteiger charge is 2.17. The van der Waals surface area contributed by atoms with Gasteiger partial charge >= 0.3 is 0 Å². The van der Waals surface area contributed by atoms with Gasteiger partial charge in [0.15, 0.2) is 0 Å². The average Bonchev–Trinajstić information content (AvgIpc) is 2.79. The maximum atomic E-state index is 13.4. The molecule has 0 radical (unpaired) electrons. The summed E-state index contributed by atoms with van der Waals surface area (Å²) >= 11 is 0. The van der Waals surface area contributed by atoms with E-state index < -0.39 is 0 Å². The van der Waals surface area contributed by atoms with Crippen LogP contribution in [0.3, 0.4) is 0 Å². The lowest BCUT2D eigenvalue weighted by atomic mass is 10.1. The molecular weight excluding hydrogens is 289 g/mol. The molecule has 1 unspecified atom stereocenters. The molecule has 0 saturated carbocycles. The number of nitrogens with zero attached hydrogens (tertiary/aromatic N) is 1. The monoisotopic (exact) mass is 315 g/mol. The summed E-state index contributed by atoms with van der Waals surface area (Å²) in [4.78, 5) is 2.37. The third-order valence-corrected chi connectivity index (χ3v) is 4.07. The Hall–Kier alpha value is -1.71. The summed E-state index contributed by atoms with van der Waals surface area (Å²) in [7, 11) is 0. The minimum absolute atomic E-state index is 0.0904.